The van der Waals surface area contributed by atoms with Crippen molar-refractivity contribution in [3.63, 3.8) is 0 Å². The molecule has 0 aliphatic rings. The number of rotatable bonds is 10. The summed E-state index contributed by atoms with van der Waals surface area (Å²) >= 11 is 4.68. The number of ether oxygens (including phenoxy) is 1. The number of aromatic nitrogens is 3. The molecule has 2 amide bonds. The van der Waals surface area contributed by atoms with Gasteiger partial charge in [-0.3, -0.25) is 9.59 Å². The molecule has 0 radical (unpaired) electrons. The van der Waals surface area contributed by atoms with E-state index in [4.69, 9.17) is 4.74 Å². The van der Waals surface area contributed by atoms with Gasteiger partial charge < -0.3 is 19.9 Å². The van der Waals surface area contributed by atoms with E-state index in [1.807, 2.05) is 59.2 Å². The molecular weight excluding hydrogens is 542 g/mol. The Morgan fingerprint density at radius 1 is 0.972 bits per heavy atom. The van der Waals surface area contributed by atoms with Crippen molar-refractivity contribution in [3.8, 4) is 5.75 Å². The molecular formula is C26H24BrN5O3S. The molecule has 3 aromatic carbocycles. The number of nitrogens with zero attached hydrogens (tertiary/aromatic N) is 3. The molecule has 36 heavy (non-hydrogen) atoms. The number of benzene rings is 3. The maximum Gasteiger partial charge on any atom is 0.251 e. The molecule has 0 unspecified atom stereocenters. The number of hydrogen-bond acceptors (Lipinski definition) is 6. The van der Waals surface area contributed by atoms with Crippen molar-refractivity contribution < 1.29 is 14.3 Å². The van der Waals surface area contributed by atoms with Crippen LogP contribution in [0.5, 0.6) is 5.75 Å². The number of methoxy groups -OCH3 is 1. The SMILES string of the molecule is COc1ccc(C(=O)NCc2nnc(SCC(=O)Nc3ccc(Br)cc3)n2Cc2ccccc2)cc1. The largest absolute Gasteiger partial charge is 0.497 e. The van der Waals surface area contributed by atoms with E-state index in [0.717, 1.165) is 15.7 Å². The molecule has 0 spiro atoms. The summed E-state index contributed by atoms with van der Waals surface area (Å²) in [6.07, 6.45) is 0. The van der Waals surface area contributed by atoms with Crippen LogP contribution in [0.15, 0.2) is 88.5 Å². The Kier molecular flexibility index (Phi) is 8.75. The van der Waals surface area contributed by atoms with Gasteiger partial charge in [0.15, 0.2) is 11.0 Å². The highest BCUT2D eigenvalue weighted by molar-refractivity contribution is 9.10. The van der Waals surface area contributed by atoms with E-state index in [1.165, 1.54) is 11.8 Å². The van der Waals surface area contributed by atoms with E-state index in [2.05, 4.69) is 36.8 Å². The van der Waals surface area contributed by atoms with Gasteiger partial charge in [0.1, 0.15) is 5.75 Å². The topological polar surface area (TPSA) is 98.1 Å². The van der Waals surface area contributed by atoms with E-state index in [1.54, 1.807) is 31.4 Å². The zero-order chi connectivity index (χ0) is 25.3. The Morgan fingerprint density at radius 2 is 1.69 bits per heavy atom. The van der Waals surface area contributed by atoms with Crippen LogP contribution in [0.1, 0.15) is 21.7 Å². The standard InChI is InChI=1S/C26H24BrN5O3S/c1-35-22-13-7-19(8-14-22)25(34)28-15-23-30-31-26(32(23)16-18-5-3-2-4-6-18)36-17-24(33)29-21-11-9-20(27)10-12-21/h2-14H,15-17H2,1H3,(H,28,34)(H,29,33). The van der Waals surface area contributed by atoms with Crippen LogP contribution in [-0.4, -0.2) is 39.4 Å². The van der Waals surface area contributed by atoms with Gasteiger partial charge in [-0.15, -0.1) is 10.2 Å². The molecule has 0 bridgehead atoms. The smallest absolute Gasteiger partial charge is 0.251 e. The molecule has 0 atom stereocenters. The van der Waals surface area contributed by atoms with Crippen molar-refractivity contribution in [1.82, 2.24) is 20.1 Å². The quantitative estimate of drug-likeness (QED) is 0.269. The van der Waals surface area contributed by atoms with E-state index < -0.39 is 0 Å². The highest BCUT2D eigenvalue weighted by atomic mass is 79.9. The summed E-state index contributed by atoms with van der Waals surface area (Å²) in [6, 6.07) is 24.2. The van der Waals surface area contributed by atoms with Crippen molar-refractivity contribution in [3.05, 3.63) is 100 Å². The first kappa shape index (κ1) is 25.5. The molecule has 0 aliphatic heterocycles. The highest BCUT2D eigenvalue weighted by Gasteiger charge is 2.16. The molecule has 4 rings (SSSR count). The molecule has 0 saturated heterocycles. The Labute approximate surface area is 221 Å². The van der Waals surface area contributed by atoms with Crippen LogP contribution in [0.4, 0.5) is 5.69 Å². The maximum absolute atomic E-state index is 12.6. The van der Waals surface area contributed by atoms with Gasteiger partial charge in [0.05, 0.1) is 26.0 Å². The second-order valence-electron chi connectivity index (χ2n) is 7.73. The molecule has 2 N–H and O–H groups in total. The number of hydrogen-bond donors (Lipinski definition) is 2. The van der Waals surface area contributed by atoms with E-state index in [0.29, 0.717) is 28.8 Å². The van der Waals surface area contributed by atoms with Crippen molar-refractivity contribution in [2.24, 2.45) is 0 Å². The molecule has 10 heteroatoms. The lowest BCUT2D eigenvalue weighted by Crippen LogP contribution is -2.25. The van der Waals surface area contributed by atoms with Crippen LogP contribution in [0, 0.1) is 0 Å². The summed E-state index contributed by atoms with van der Waals surface area (Å²) in [5.74, 6) is 1.07. The third-order valence-corrected chi connectivity index (χ3v) is 6.69. The molecule has 8 nitrogen and oxygen atoms in total. The predicted octanol–water partition coefficient (Wildman–Crippen LogP) is 4.76. The van der Waals surface area contributed by atoms with Gasteiger partial charge in [-0.25, -0.2) is 0 Å². The molecule has 1 aromatic heterocycles. The van der Waals surface area contributed by atoms with Crippen LogP contribution in [-0.2, 0) is 17.9 Å². The monoisotopic (exact) mass is 565 g/mol. The van der Waals surface area contributed by atoms with E-state index >= 15 is 0 Å². The minimum Gasteiger partial charge on any atom is -0.497 e. The van der Waals surface area contributed by atoms with Gasteiger partial charge in [-0.2, -0.15) is 0 Å². The third kappa shape index (κ3) is 6.96. The maximum atomic E-state index is 12.6. The summed E-state index contributed by atoms with van der Waals surface area (Å²) < 4.78 is 8.00. The molecule has 184 valence electrons. The van der Waals surface area contributed by atoms with Gasteiger partial charge in [0.2, 0.25) is 5.91 Å². The Balaban J connectivity index is 1.44. The molecule has 4 aromatic rings. The summed E-state index contributed by atoms with van der Waals surface area (Å²) in [5, 5.41) is 15.0. The normalized spacial score (nSPS) is 10.6. The summed E-state index contributed by atoms with van der Waals surface area (Å²) in [4.78, 5) is 25.1. The second kappa shape index (κ2) is 12.4. The molecule has 1 heterocycles. The highest BCUT2D eigenvalue weighted by Crippen LogP contribution is 2.20. The number of amides is 2. The predicted molar refractivity (Wildman–Crippen MR) is 143 cm³/mol. The number of thioether (sulfide) groups is 1. The van der Waals surface area contributed by atoms with E-state index in [-0.39, 0.29) is 24.1 Å². The second-order valence-corrected chi connectivity index (χ2v) is 9.58. The summed E-state index contributed by atoms with van der Waals surface area (Å²) in [5.41, 5.74) is 2.29. The Bertz CT molecular complexity index is 1310. The molecule has 0 saturated carbocycles. The average Bonchev–Trinajstić information content (AvgIpc) is 3.29. The Morgan fingerprint density at radius 3 is 2.39 bits per heavy atom. The first-order valence-electron chi connectivity index (χ1n) is 11.1. The lowest BCUT2D eigenvalue weighted by Gasteiger charge is -2.11. The van der Waals surface area contributed by atoms with Gasteiger partial charge in [-0.1, -0.05) is 58.0 Å². The van der Waals surface area contributed by atoms with Crippen molar-refractivity contribution in [2.75, 3.05) is 18.2 Å². The number of carbonyl (C=O) groups is 2. The third-order valence-electron chi connectivity index (χ3n) is 5.20. The fourth-order valence-electron chi connectivity index (χ4n) is 3.35. The first-order chi connectivity index (χ1) is 17.5. The summed E-state index contributed by atoms with van der Waals surface area (Å²) in [7, 11) is 1.58. The lowest BCUT2D eigenvalue weighted by atomic mass is 10.2. The van der Waals surface area contributed by atoms with E-state index in [9.17, 15) is 9.59 Å². The Hall–Kier alpha value is -3.63. The molecule has 0 aliphatic carbocycles. The van der Waals surface area contributed by atoms with Gasteiger partial charge in [-0.05, 0) is 54.1 Å². The van der Waals surface area contributed by atoms with Crippen molar-refractivity contribution in [2.45, 2.75) is 18.2 Å². The fourth-order valence-corrected chi connectivity index (χ4v) is 4.37. The fraction of sp³-hybridized carbons (Fsp3) is 0.154. The van der Waals surface area contributed by atoms with Crippen LogP contribution in [0.2, 0.25) is 0 Å². The van der Waals surface area contributed by atoms with Crippen molar-refractivity contribution >= 4 is 45.2 Å². The number of carbonyl (C=O) groups excluding carboxylic acids is 2. The van der Waals surface area contributed by atoms with Crippen LogP contribution in [0.3, 0.4) is 0 Å². The first-order valence-corrected chi connectivity index (χ1v) is 12.9. The zero-order valence-corrected chi connectivity index (χ0v) is 21.9. The van der Waals surface area contributed by atoms with Crippen LogP contribution in [0.25, 0.3) is 0 Å². The number of halogens is 1. The lowest BCUT2D eigenvalue weighted by molar-refractivity contribution is -0.113. The van der Waals surface area contributed by atoms with Gasteiger partial charge >= 0.3 is 0 Å². The summed E-state index contributed by atoms with van der Waals surface area (Å²) in [6.45, 7) is 0.703. The minimum absolute atomic E-state index is 0.147. The minimum atomic E-state index is -0.227. The number of nitrogens with one attached hydrogen (secondary N) is 2. The zero-order valence-electron chi connectivity index (χ0n) is 19.5. The van der Waals surface area contributed by atoms with Crippen molar-refractivity contribution in [1.29, 1.82) is 0 Å². The van der Waals surface area contributed by atoms with Gasteiger partial charge in [0.25, 0.3) is 5.91 Å². The van der Waals surface area contributed by atoms with Crippen LogP contribution < -0.4 is 15.4 Å². The number of anilines is 1. The average molecular weight is 566 g/mol. The van der Waals surface area contributed by atoms with Gasteiger partial charge in [0, 0.05) is 15.7 Å². The van der Waals surface area contributed by atoms with Crippen LogP contribution >= 0.6 is 27.7 Å². The molecule has 0 fully saturated rings.